The van der Waals surface area contributed by atoms with Crippen LogP contribution in [0.2, 0.25) is 0 Å². The van der Waals surface area contributed by atoms with Crippen molar-refractivity contribution in [2.75, 3.05) is 0 Å². The van der Waals surface area contributed by atoms with E-state index in [2.05, 4.69) is 10.3 Å². The van der Waals surface area contributed by atoms with Crippen LogP contribution in [-0.4, -0.2) is 32.6 Å². The summed E-state index contributed by atoms with van der Waals surface area (Å²) in [6.07, 6.45) is 1.90. The van der Waals surface area contributed by atoms with Crippen molar-refractivity contribution in [2.45, 2.75) is 25.9 Å². The van der Waals surface area contributed by atoms with Crippen molar-refractivity contribution in [1.29, 1.82) is 0 Å². The minimum Gasteiger partial charge on any atom is -0.480 e. The summed E-state index contributed by atoms with van der Waals surface area (Å²) in [6, 6.07) is 6.78. The first kappa shape index (κ1) is 13.1. The maximum absolute atomic E-state index is 11.6. The quantitative estimate of drug-likeness (QED) is 0.841. The Morgan fingerprint density at radius 3 is 2.89 bits per heavy atom. The first-order valence-corrected chi connectivity index (χ1v) is 6.00. The molecule has 0 aliphatic rings. The fourth-order valence-electron chi connectivity index (χ4n) is 1.79. The monoisotopic (exact) mass is 261 g/mol. The molecule has 0 aliphatic heterocycles. The van der Waals surface area contributed by atoms with E-state index in [1.165, 1.54) is 6.92 Å². The lowest BCUT2D eigenvalue weighted by molar-refractivity contribution is -0.141. The van der Waals surface area contributed by atoms with Crippen LogP contribution in [0.4, 0.5) is 0 Å². The Morgan fingerprint density at radius 2 is 2.16 bits per heavy atom. The predicted molar refractivity (Wildman–Crippen MR) is 69.6 cm³/mol. The van der Waals surface area contributed by atoms with Crippen LogP contribution < -0.4 is 5.32 Å². The van der Waals surface area contributed by atoms with E-state index in [4.69, 9.17) is 5.11 Å². The molecule has 100 valence electrons. The second kappa shape index (κ2) is 5.51. The third-order valence-corrected chi connectivity index (χ3v) is 2.86. The first-order chi connectivity index (χ1) is 9.08. The van der Waals surface area contributed by atoms with Crippen LogP contribution in [0, 0.1) is 0 Å². The fourth-order valence-corrected chi connectivity index (χ4v) is 1.79. The zero-order chi connectivity index (χ0) is 13.8. The Morgan fingerprint density at radius 1 is 1.42 bits per heavy atom. The Labute approximate surface area is 110 Å². The highest BCUT2D eigenvalue weighted by Crippen LogP contribution is 2.11. The van der Waals surface area contributed by atoms with Gasteiger partial charge < -0.3 is 15.0 Å². The van der Waals surface area contributed by atoms with Crippen molar-refractivity contribution in [2.24, 2.45) is 0 Å². The van der Waals surface area contributed by atoms with Gasteiger partial charge in [-0.2, -0.15) is 0 Å². The van der Waals surface area contributed by atoms with Gasteiger partial charge in [0.2, 0.25) is 5.91 Å². The van der Waals surface area contributed by atoms with Crippen LogP contribution in [0.15, 0.2) is 30.6 Å². The molecule has 1 heterocycles. The van der Waals surface area contributed by atoms with E-state index >= 15 is 0 Å². The Balaban J connectivity index is 1.95. The number of carbonyl (C=O) groups is 2. The summed E-state index contributed by atoms with van der Waals surface area (Å²) in [7, 11) is 0. The molecule has 0 spiro atoms. The maximum Gasteiger partial charge on any atom is 0.325 e. The minimum atomic E-state index is -1.04. The van der Waals surface area contributed by atoms with Gasteiger partial charge in [-0.15, -0.1) is 0 Å². The second-order valence-electron chi connectivity index (χ2n) is 4.30. The molecule has 0 saturated heterocycles. The van der Waals surface area contributed by atoms with Gasteiger partial charge in [0, 0.05) is 13.0 Å². The average Bonchev–Trinajstić information content (AvgIpc) is 2.79. The Hall–Kier alpha value is -2.37. The summed E-state index contributed by atoms with van der Waals surface area (Å²) in [5.41, 5.74) is 1.84. The number of hydrogen-bond donors (Lipinski definition) is 2. The molecule has 2 N–H and O–H groups in total. The number of nitrogens with one attached hydrogen (secondary N) is 1. The molecule has 1 aromatic heterocycles. The van der Waals surface area contributed by atoms with Crippen molar-refractivity contribution in [3.63, 3.8) is 0 Å². The number of rotatable bonds is 5. The molecule has 2 rings (SSSR count). The molecular weight excluding hydrogens is 246 g/mol. The van der Waals surface area contributed by atoms with E-state index < -0.39 is 12.0 Å². The van der Waals surface area contributed by atoms with E-state index in [9.17, 15) is 9.59 Å². The lowest BCUT2D eigenvalue weighted by atomic mass is 10.3. The Bertz CT molecular complexity index is 606. The van der Waals surface area contributed by atoms with E-state index in [1.54, 1.807) is 6.33 Å². The van der Waals surface area contributed by atoms with Gasteiger partial charge >= 0.3 is 5.97 Å². The van der Waals surface area contributed by atoms with Crippen molar-refractivity contribution in [1.82, 2.24) is 14.9 Å². The summed E-state index contributed by atoms with van der Waals surface area (Å²) in [6.45, 7) is 1.91. The van der Waals surface area contributed by atoms with Gasteiger partial charge in [-0.1, -0.05) is 12.1 Å². The lowest BCUT2D eigenvalue weighted by Gasteiger charge is -2.09. The highest BCUT2D eigenvalue weighted by Gasteiger charge is 2.13. The normalized spacial score (nSPS) is 12.3. The van der Waals surface area contributed by atoms with E-state index in [0.29, 0.717) is 6.54 Å². The van der Waals surface area contributed by atoms with E-state index in [-0.39, 0.29) is 12.3 Å². The molecule has 0 aliphatic carbocycles. The molecular formula is C13H15N3O3. The number of aliphatic carboxylic acids is 1. The van der Waals surface area contributed by atoms with Crippen LogP contribution in [0.1, 0.15) is 13.3 Å². The molecule has 0 unspecified atom stereocenters. The van der Waals surface area contributed by atoms with Crippen LogP contribution in [0.5, 0.6) is 0 Å². The number of aryl methyl sites for hydroxylation is 1. The van der Waals surface area contributed by atoms with Crippen LogP contribution in [0.3, 0.4) is 0 Å². The summed E-state index contributed by atoms with van der Waals surface area (Å²) >= 11 is 0. The zero-order valence-corrected chi connectivity index (χ0v) is 10.5. The smallest absolute Gasteiger partial charge is 0.325 e. The van der Waals surface area contributed by atoms with Gasteiger partial charge in [0.25, 0.3) is 0 Å². The summed E-state index contributed by atoms with van der Waals surface area (Å²) in [5, 5.41) is 11.1. The number of imidazole rings is 1. The number of carbonyl (C=O) groups excluding carboxylic acids is 1. The van der Waals surface area contributed by atoms with Gasteiger partial charge in [0.15, 0.2) is 0 Å². The van der Waals surface area contributed by atoms with Crippen molar-refractivity contribution >= 4 is 22.9 Å². The molecule has 0 saturated carbocycles. The molecule has 0 radical (unpaired) electrons. The predicted octanol–water partition coefficient (Wildman–Crippen LogP) is 1.02. The average molecular weight is 261 g/mol. The zero-order valence-electron chi connectivity index (χ0n) is 10.5. The largest absolute Gasteiger partial charge is 0.480 e. The lowest BCUT2D eigenvalue weighted by Crippen LogP contribution is -2.38. The number of hydrogen-bond acceptors (Lipinski definition) is 3. The molecule has 0 fully saturated rings. The number of benzene rings is 1. The first-order valence-electron chi connectivity index (χ1n) is 6.00. The molecule has 1 atom stereocenters. The Kier molecular flexibility index (Phi) is 3.79. The standard InChI is InChI=1S/C13H15N3O3/c1-9(13(18)19)15-12(17)6-7-16-8-14-10-4-2-3-5-11(10)16/h2-5,8-9H,6-7H2,1H3,(H,15,17)(H,18,19)/t9-/m1/s1. The summed E-state index contributed by atoms with van der Waals surface area (Å²) < 4.78 is 1.88. The molecule has 1 amide bonds. The highest BCUT2D eigenvalue weighted by molar-refractivity contribution is 5.83. The number of fused-ring (bicyclic) bond motifs is 1. The minimum absolute atomic E-state index is 0.220. The van der Waals surface area contributed by atoms with Gasteiger partial charge in [-0.05, 0) is 19.1 Å². The van der Waals surface area contributed by atoms with Crippen molar-refractivity contribution < 1.29 is 14.7 Å². The number of para-hydroxylation sites is 2. The van der Waals surface area contributed by atoms with Crippen LogP contribution in [-0.2, 0) is 16.1 Å². The molecule has 19 heavy (non-hydrogen) atoms. The fraction of sp³-hybridized carbons (Fsp3) is 0.308. The number of carboxylic acid groups (broad SMARTS) is 1. The van der Waals surface area contributed by atoms with Gasteiger partial charge in [-0.3, -0.25) is 9.59 Å². The summed E-state index contributed by atoms with van der Waals surface area (Å²) in [5.74, 6) is -1.32. The van der Waals surface area contributed by atoms with Crippen molar-refractivity contribution in [3.05, 3.63) is 30.6 Å². The molecule has 1 aromatic carbocycles. The maximum atomic E-state index is 11.6. The van der Waals surface area contributed by atoms with Crippen LogP contribution >= 0.6 is 0 Å². The molecule has 0 bridgehead atoms. The number of aromatic nitrogens is 2. The molecule has 2 aromatic rings. The van der Waals surface area contributed by atoms with Gasteiger partial charge in [-0.25, -0.2) is 4.98 Å². The van der Waals surface area contributed by atoms with E-state index in [0.717, 1.165) is 11.0 Å². The van der Waals surface area contributed by atoms with Crippen LogP contribution in [0.25, 0.3) is 11.0 Å². The molecule has 6 nitrogen and oxygen atoms in total. The summed E-state index contributed by atoms with van der Waals surface area (Å²) in [4.78, 5) is 26.4. The third kappa shape index (κ3) is 3.09. The van der Waals surface area contributed by atoms with Gasteiger partial charge in [0.05, 0.1) is 17.4 Å². The number of nitrogens with zero attached hydrogens (tertiary/aromatic N) is 2. The number of amides is 1. The topological polar surface area (TPSA) is 84.2 Å². The second-order valence-corrected chi connectivity index (χ2v) is 4.30. The molecule has 6 heteroatoms. The van der Waals surface area contributed by atoms with Crippen molar-refractivity contribution in [3.8, 4) is 0 Å². The third-order valence-electron chi connectivity index (χ3n) is 2.86. The van der Waals surface area contributed by atoms with Gasteiger partial charge in [0.1, 0.15) is 6.04 Å². The number of carboxylic acids is 1. The van der Waals surface area contributed by atoms with E-state index in [1.807, 2.05) is 28.8 Å². The SMILES string of the molecule is C[C@@H](NC(=O)CCn1cnc2ccccc21)C(=O)O. The highest BCUT2D eigenvalue weighted by atomic mass is 16.4.